The topological polar surface area (TPSA) is 59.7 Å². The van der Waals surface area contributed by atoms with Crippen LogP contribution in [0.2, 0.25) is 0 Å². The summed E-state index contributed by atoms with van der Waals surface area (Å²) in [6, 6.07) is 8.04. The molecule has 0 N–H and O–H groups in total. The molecule has 0 unspecified atom stereocenters. The van der Waals surface area contributed by atoms with Crippen molar-refractivity contribution in [1.82, 2.24) is 24.7 Å². The molecule has 8 heteroatoms. The quantitative estimate of drug-likeness (QED) is 0.724. The molecule has 0 bridgehead atoms. The van der Waals surface area contributed by atoms with E-state index in [4.69, 9.17) is 0 Å². The number of rotatable bonds is 2. The Labute approximate surface area is 130 Å². The summed E-state index contributed by atoms with van der Waals surface area (Å²) in [5.41, 5.74) is 0.830. The summed E-state index contributed by atoms with van der Waals surface area (Å²) in [5, 5.41) is 9.27. The van der Waals surface area contributed by atoms with Crippen molar-refractivity contribution in [3.8, 4) is 11.4 Å². The second-order valence-electron chi connectivity index (χ2n) is 4.74. The van der Waals surface area contributed by atoms with Gasteiger partial charge in [0.15, 0.2) is 11.0 Å². The molecule has 1 aliphatic heterocycles. The first kappa shape index (κ1) is 13.2. The minimum absolute atomic E-state index is 0.268. The minimum Gasteiger partial charge on any atom is -0.313 e. The van der Waals surface area contributed by atoms with Gasteiger partial charge in [-0.1, -0.05) is 11.8 Å². The number of aromatic nitrogens is 5. The highest BCUT2D eigenvalue weighted by molar-refractivity contribution is 7.99. The van der Waals surface area contributed by atoms with E-state index in [0.29, 0.717) is 24.3 Å². The highest BCUT2D eigenvalue weighted by Gasteiger charge is 2.23. The van der Waals surface area contributed by atoms with Gasteiger partial charge in [-0.3, -0.25) is 4.57 Å². The van der Waals surface area contributed by atoms with Gasteiger partial charge in [-0.15, -0.1) is 10.2 Å². The highest BCUT2D eigenvalue weighted by atomic mass is 32.2. The van der Waals surface area contributed by atoms with Gasteiger partial charge in [-0.05, 0) is 30.3 Å². The third kappa shape index (κ3) is 2.31. The molecular weight excluding hydrogens is 303 g/mol. The lowest BCUT2D eigenvalue weighted by Gasteiger charge is -2.27. The molecule has 0 aliphatic carbocycles. The van der Waals surface area contributed by atoms with Crippen molar-refractivity contribution in [2.75, 3.05) is 10.8 Å². The van der Waals surface area contributed by atoms with E-state index in [0.717, 1.165) is 10.7 Å². The van der Waals surface area contributed by atoms with Gasteiger partial charge in [-0.25, -0.2) is 14.4 Å². The summed E-state index contributed by atoms with van der Waals surface area (Å²) in [5.74, 6) is 1.82. The number of hydrogen-bond donors (Lipinski definition) is 0. The molecule has 1 aliphatic rings. The first-order chi connectivity index (χ1) is 10.8. The molecule has 3 heterocycles. The normalized spacial score (nSPS) is 14.0. The Hall–Kier alpha value is -2.48. The van der Waals surface area contributed by atoms with Crippen molar-refractivity contribution in [1.29, 1.82) is 0 Å². The Morgan fingerprint density at radius 1 is 1.05 bits per heavy atom. The van der Waals surface area contributed by atoms with Crippen LogP contribution in [0.25, 0.3) is 11.4 Å². The molecule has 0 fully saturated rings. The first-order valence-corrected chi connectivity index (χ1v) is 7.64. The van der Waals surface area contributed by atoms with Gasteiger partial charge in [-0.2, -0.15) is 0 Å². The van der Waals surface area contributed by atoms with Crippen LogP contribution in [0.15, 0.2) is 47.9 Å². The van der Waals surface area contributed by atoms with Crippen LogP contribution in [0.1, 0.15) is 0 Å². The Morgan fingerprint density at radius 2 is 1.82 bits per heavy atom. The highest BCUT2D eigenvalue weighted by Crippen LogP contribution is 2.30. The van der Waals surface area contributed by atoms with Crippen LogP contribution in [0.3, 0.4) is 0 Å². The maximum absolute atomic E-state index is 13.1. The predicted molar refractivity (Wildman–Crippen MR) is 80.7 cm³/mol. The molecule has 0 radical (unpaired) electrons. The Bertz CT molecular complexity index is 789. The van der Waals surface area contributed by atoms with Crippen LogP contribution in [0.5, 0.6) is 0 Å². The summed E-state index contributed by atoms with van der Waals surface area (Å²) in [7, 11) is 0. The van der Waals surface area contributed by atoms with Gasteiger partial charge in [0.05, 0.1) is 5.88 Å². The van der Waals surface area contributed by atoms with Gasteiger partial charge in [0.25, 0.3) is 0 Å². The standard InChI is InChI=1S/C14H11FN6S/c15-11-4-2-10(3-5-11)12-18-19-14-21(12)8-20(9-22-14)13-16-6-1-7-17-13/h1-7H,8-9H2. The van der Waals surface area contributed by atoms with Crippen LogP contribution >= 0.6 is 11.8 Å². The number of nitrogens with zero attached hydrogens (tertiary/aromatic N) is 6. The van der Waals surface area contributed by atoms with Crippen LogP contribution < -0.4 is 4.90 Å². The van der Waals surface area contributed by atoms with Gasteiger partial charge in [0.2, 0.25) is 5.95 Å². The van der Waals surface area contributed by atoms with Crippen LogP contribution in [0, 0.1) is 5.82 Å². The molecule has 0 saturated carbocycles. The van der Waals surface area contributed by atoms with E-state index in [-0.39, 0.29) is 5.82 Å². The second kappa shape index (κ2) is 5.38. The van der Waals surface area contributed by atoms with Crippen molar-refractivity contribution in [3.05, 3.63) is 48.5 Å². The van der Waals surface area contributed by atoms with Crippen molar-refractivity contribution >= 4 is 17.7 Å². The van der Waals surface area contributed by atoms with Gasteiger partial charge >= 0.3 is 0 Å². The second-order valence-corrected chi connectivity index (χ2v) is 5.66. The lowest BCUT2D eigenvalue weighted by molar-refractivity contribution is 0.597. The number of thioether (sulfide) groups is 1. The Morgan fingerprint density at radius 3 is 2.59 bits per heavy atom. The van der Waals surface area contributed by atoms with E-state index in [2.05, 4.69) is 20.2 Å². The molecule has 4 rings (SSSR count). The van der Waals surface area contributed by atoms with Gasteiger partial charge < -0.3 is 4.90 Å². The average Bonchev–Trinajstić information content (AvgIpc) is 2.99. The van der Waals surface area contributed by atoms with Gasteiger partial charge in [0, 0.05) is 18.0 Å². The van der Waals surface area contributed by atoms with E-state index in [1.165, 1.54) is 12.1 Å². The summed E-state index contributed by atoms with van der Waals surface area (Å²) >= 11 is 1.57. The lowest BCUT2D eigenvalue weighted by Crippen LogP contribution is -2.31. The van der Waals surface area contributed by atoms with E-state index in [9.17, 15) is 4.39 Å². The molecule has 1 aromatic carbocycles. The third-order valence-corrected chi connectivity index (χ3v) is 4.32. The zero-order valence-corrected chi connectivity index (χ0v) is 12.2. The summed E-state index contributed by atoms with van der Waals surface area (Å²) < 4.78 is 15.1. The number of benzene rings is 1. The fourth-order valence-corrected chi connectivity index (χ4v) is 3.13. The van der Waals surface area contributed by atoms with Crippen LogP contribution in [0.4, 0.5) is 10.3 Å². The van der Waals surface area contributed by atoms with Gasteiger partial charge in [0.1, 0.15) is 12.5 Å². The molecule has 0 amide bonds. The lowest BCUT2D eigenvalue weighted by atomic mass is 10.2. The van der Waals surface area contributed by atoms with Crippen LogP contribution in [-0.2, 0) is 6.67 Å². The zero-order valence-electron chi connectivity index (χ0n) is 11.4. The maximum atomic E-state index is 13.1. The summed E-state index contributed by atoms with van der Waals surface area (Å²) in [4.78, 5) is 10.6. The molecule has 3 aromatic rings. The number of fused-ring (bicyclic) bond motifs is 1. The predicted octanol–water partition coefficient (Wildman–Crippen LogP) is 2.40. The molecule has 0 atom stereocenters. The number of hydrogen-bond acceptors (Lipinski definition) is 6. The number of halogens is 1. The first-order valence-electron chi connectivity index (χ1n) is 6.65. The van der Waals surface area contributed by atoms with E-state index in [1.54, 1.807) is 42.4 Å². The summed E-state index contributed by atoms with van der Waals surface area (Å²) in [6.45, 7) is 0.562. The molecular formula is C14H11FN6S. The Balaban J connectivity index is 1.69. The molecule has 6 nitrogen and oxygen atoms in total. The zero-order chi connectivity index (χ0) is 14.9. The molecule has 22 heavy (non-hydrogen) atoms. The Kier molecular flexibility index (Phi) is 3.23. The molecule has 110 valence electrons. The van der Waals surface area contributed by atoms with Crippen molar-refractivity contribution in [2.24, 2.45) is 0 Å². The van der Waals surface area contributed by atoms with E-state index >= 15 is 0 Å². The van der Waals surface area contributed by atoms with Crippen molar-refractivity contribution < 1.29 is 4.39 Å². The fourth-order valence-electron chi connectivity index (χ4n) is 2.26. The fraction of sp³-hybridized carbons (Fsp3) is 0.143. The monoisotopic (exact) mass is 314 g/mol. The SMILES string of the molecule is Fc1ccc(-c2nnc3n2CN(c2ncccn2)CS3)cc1. The van der Waals surface area contributed by atoms with E-state index in [1.807, 2.05) is 9.47 Å². The molecule has 0 saturated heterocycles. The molecule has 0 spiro atoms. The van der Waals surface area contributed by atoms with Crippen LogP contribution in [-0.4, -0.2) is 30.6 Å². The molecule has 2 aromatic heterocycles. The van der Waals surface area contributed by atoms with E-state index < -0.39 is 0 Å². The average molecular weight is 314 g/mol. The smallest absolute Gasteiger partial charge is 0.227 e. The van der Waals surface area contributed by atoms with Crippen molar-refractivity contribution in [2.45, 2.75) is 11.8 Å². The summed E-state index contributed by atoms with van der Waals surface area (Å²) in [6.07, 6.45) is 3.44. The number of anilines is 1. The minimum atomic E-state index is -0.268. The largest absolute Gasteiger partial charge is 0.313 e. The van der Waals surface area contributed by atoms with Crippen molar-refractivity contribution in [3.63, 3.8) is 0 Å². The maximum Gasteiger partial charge on any atom is 0.227 e. The third-order valence-electron chi connectivity index (χ3n) is 3.32.